The molecule has 32 heavy (non-hydrogen) atoms. The second-order valence-corrected chi connectivity index (χ2v) is 7.40. The summed E-state index contributed by atoms with van der Waals surface area (Å²) in [6, 6.07) is 6.40. The minimum atomic E-state index is -1.43. The molecule has 20 radical (unpaired) electrons. The Labute approximate surface area is 201 Å². The van der Waals surface area contributed by atoms with Crippen LogP contribution in [0.5, 0.6) is 0 Å². The summed E-state index contributed by atoms with van der Waals surface area (Å²) in [4.78, 5) is 0. The normalized spacial score (nSPS) is 13.1. The van der Waals surface area contributed by atoms with Gasteiger partial charge in [0.1, 0.15) is 90.7 Å². The molecule has 12 heteroatoms. The third kappa shape index (κ3) is 3.90. The van der Waals surface area contributed by atoms with E-state index in [1.165, 1.54) is 0 Å². The molecule has 2 atom stereocenters. The van der Waals surface area contributed by atoms with Gasteiger partial charge in [0.2, 0.25) is 0 Å². The molecule has 0 bridgehead atoms. The zero-order valence-electron chi connectivity index (χ0n) is 17.1. The summed E-state index contributed by atoms with van der Waals surface area (Å²) < 4.78 is 0. The van der Waals surface area contributed by atoms with Gasteiger partial charge in [-0.2, -0.15) is 0 Å². The Morgan fingerprint density at radius 3 is 0.875 bits per heavy atom. The van der Waals surface area contributed by atoms with E-state index in [2.05, 4.69) is 0 Å². The molecule has 0 amide bonds. The highest BCUT2D eigenvalue weighted by Gasteiger charge is 2.26. The van der Waals surface area contributed by atoms with Crippen LogP contribution in [0.2, 0.25) is 0 Å². The molecule has 2 N–H and O–H groups in total. The van der Waals surface area contributed by atoms with Crippen molar-refractivity contribution in [3.8, 4) is 0 Å². The van der Waals surface area contributed by atoms with Gasteiger partial charge in [0.25, 0.3) is 0 Å². The van der Waals surface area contributed by atoms with E-state index in [1.54, 1.807) is 24.3 Å². The van der Waals surface area contributed by atoms with Crippen LogP contribution in [0, 0.1) is 0 Å². The standard InChI is InChI=1S/C20H8B10O2/c21-9-7(10(22)14(26)17(29)13(9)25)19(31)5-3-1-2-4-6(5)20(32)8-11(23)15(27)18(30)16(28)12(8)24/h1-4,19-20,31-32H. The first kappa shape index (κ1) is 24.9. The van der Waals surface area contributed by atoms with Crippen molar-refractivity contribution in [3.05, 3.63) is 46.5 Å². The fourth-order valence-corrected chi connectivity index (χ4v) is 3.65. The van der Waals surface area contributed by atoms with Gasteiger partial charge in [0.15, 0.2) is 0 Å². The molecule has 130 valence electrons. The van der Waals surface area contributed by atoms with Gasteiger partial charge in [-0.3, -0.25) is 0 Å². The van der Waals surface area contributed by atoms with Crippen molar-refractivity contribution in [2.45, 2.75) is 12.2 Å². The molecule has 2 unspecified atom stereocenters. The maximum Gasteiger partial charge on any atom is 0.113 e. The lowest BCUT2D eigenvalue weighted by Gasteiger charge is -2.29. The maximum atomic E-state index is 11.2. The summed E-state index contributed by atoms with van der Waals surface area (Å²) in [7, 11) is 59.7. The molecule has 0 saturated heterocycles. The van der Waals surface area contributed by atoms with Crippen LogP contribution in [-0.4, -0.2) is 88.7 Å². The third-order valence-electron chi connectivity index (χ3n) is 5.61. The van der Waals surface area contributed by atoms with Gasteiger partial charge in [0.05, 0.1) is 0 Å². The van der Waals surface area contributed by atoms with Crippen LogP contribution in [0.3, 0.4) is 0 Å². The van der Waals surface area contributed by atoms with Gasteiger partial charge in [0, 0.05) is 0 Å². The molecule has 0 fully saturated rings. The summed E-state index contributed by atoms with van der Waals surface area (Å²) in [5.74, 6) is 0. The fourth-order valence-electron chi connectivity index (χ4n) is 3.65. The van der Waals surface area contributed by atoms with E-state index in [0.717, 1.165) is 0 Å². The Kier molecular flexibility index (Phi) is 7.17. The van der Waals surface area contributed by atoms with E-state index >= 15 is 0 Å². The van der Waals surface area contributed by atoms with E-state index in [1.807, 2.05) is 0 Å². The van der Waals surface area contributed by atoms with Crippen molar-refractivity contribution in [3.63, 3.8) is 0 Å². The third-order valence-corrected chi connectivity index (χ3v) is 5.61. The Bertz CT molecular complexity index is 1080. The molecule has 3 rings (SSSR count). The van der Waals surface area contributed by atoms with Crippen molar-refractivity contribution in [2.24, 2.45) is 0 Å². The minimum absolute atomic E-state index is 0.0117. The van der Waals surface area contributed by atoms with Crippen molar-refractivity contribution in [2.75, 3.05) is 0 Å². The topological polar surface area (TPSA) is 40.5 Å². The van der Waals surface area contributed by atoms with Crippen LogP contribution in [0.25, 0.3) is 0 Å². The molecule has 0 aliphatic carbocycles. The van der Waals surface area contributed by atoms with E-state index in [4.69, 9.17) is 78.5 Å². The molecule has 0 heterocycles. The number of benzene rings is 3. The van der Waals surface area contributed by atoms with Crippen LogP contribution >= 0.6 is 0 Å². The highest BCUT2D eigenvalue weighted by atomic mass is 16.3. The number of aliphatic hydroxyl groups excluding tert-OH is 2. The Balaban J connectivity index is 2.23. The molecule has 0 aromatic heterocycles. The van der Waals surface area contributed by atoms with Gasteiger partial charge in [-0.1, -0.05) is 46.1 Å². The van der Waals surface area contributed by atoms with Crippen LogP contribution in [0.15, 0.2) is 24.3 Å². The SMILES string of the molecule is [B]c1c([B])c([B])c(C(O)c2ccccc2C(O)c2c([B])c([B])c([B])c([B])c2[B])c([B])c1[B]. The average molecular weight is 388 g/mol. The summed E-state index contributed by atoms with van der Waals surface area (Å²) in [6.45, 7) is 0. The Morgan fingerprint density at radius 2 is 0.625 bits per heavy atom. The summed E-state index contributed by atoms with van der Waals surface area (Å²) in [5.41, 5.74) is 0.367. The highest BCUT2D eigenvalue weighted by molar-refractivity contribution is 6.68. The van der Waals surface area contributed by atoms with Crippen LogP contribution in [-0.2, 0) is 0 Å². The lowest BCUT2D eigenvalue weighted by Crippen LogP contribution is -2.57. The van der Waals surface area contributed by atoms with E-state index in [-0.39, 0.29) is 76.9 Å². The van der Waals surface area contributed by atoms with E-state index < -0.39 is 12.2 Å². The molecular formula is C20H8B10O2. The van der Waals surface area contributed by atoms with Gasteiger partial charge in [-0.25, -0.2) is 0 Å². The van der Waals surface area contributed by atoms with Gasteiger partial charge >= 0.3 is 0 Å². The largest absolute Gasteiger partial charge is 0.384 e. The summed E-state index contributed by atoms with van der Waals surface area (Å²) >= 11 is 0. The smallest absolute Gasteiger partial charge is 0.113 e. The van der Waals surface area contributed by atoms with Gasteiger partial charge < -0.3 is 10.2 Å². The molecule has 0 spiro atoms. The Hall–Kier alpha value is -1.77. The summed E-state index contributed by atoms with van der Waals surface area (Å²) in [6.07, 6.45) is -2.87. The zero-order valence-corrected chi connectivity index (χ0v) is 17.1. The van der Waals surface area contributed by atoms with Crippen LogP contribution < -0.4 is 54.6 Å². The van der Waals surface area contributed by atoms with Crippen molar-refractivity contribution in [1.82, 2.24) is 0 Å². The number of aliphatic hydroxyl groups is 2. The fraction of sp³-hybridized carbons (Fsp3) is 0.100. The maximum absolute atomic E-state index is 11.2. The zero-order chi connectivity index (χ0) is 24.1. The van der Waals surface area contributed by atoms with Crippen LogP contribution in [0.4, 0.5) is 0 Å². The molecule has 0 aliphatic heterocycles. The van der Waals surface area contributed by atoms with Crippen molar-refractivity contribution >= 4 is 133 Å². The predicted molar refractivity (Wildman–Crippen MR) is 141 cm³/mol. The second-order valence-electron chi connectivity index (χ2n) is 7.40. The quantitative estimate of drug-likeness (QED) is 0.436. The van der Waals surface area contributed by atoms with Crippen molar-refractivity contribution in [1.29, 1.82) is 0 Å². The highest BCUT2D eigenvalue weighted by Crippen LogP contribution is 2.29. The number of hydrogen-bond donors (Lipinski definition) is 2. The molecule has 0 aliphatic rings. The molecule has 3 aromatic carbocycles. The minimum Gasteiger partial charge on any atom is -0.384 e. The van der Waals surface area contributed by atoms with Gasteiger partial charge in [-0.15, -0.1) is 32.8 Å². The van der Waals surface area contributed by atoms with E-state index in [0.29, 0.717) is 0 Å². The molecule has 2 nitrogen and oxygen atoms in total. The molecule has 3 aromatic rings. The second kappa shape index (κ2) is 9.23. The molecule has 0 saturated carbocycles. The lowest BCUT2D eigenvalue weighted by atomic mass is 9.59. The Morgan fingerprint density at radius 1 is 0.406 bits per heavy atom. The predicted octanol–water partition coefficient (Wildman–Crippen LogP) is -8.21. The van der Waals surface area contributed by atoms with Crippen molar-refractivity contribution < 1.29 is 10.2 Å². The molecular weight excluding hydrogens is 380 g/mol. The number of hydrogen-bond acceptors (Lipinski definition) is 2. The first-order valence-electron chi connectivity index (χ1n) is 9.39. The monoisotopic (exact) mass is 390 g/mol. The van der Waals surface area contributed by atoms with E-state index in [9.17, 15) is 10.2 Å². The van der Waals surface area contributed by atoms with Gasteiger partial charge in [-0.05, 0) is 22.3 Å². The first-order chi connectivity index (χ1) is 14.9. The lowest BCUT2D eigenvalue weighted by molar-refractivity contribution is 0.199. The summed E-state index contributed by atoms with van der Waals surface area (Å²) in [5, 5.41) is 22.4. The average Bonchev–Trinajstić information content (AvgIpc) is 2.78. The first-order valence-corrected chi connectivity index (χ1v) is 9.39. The van der Waals surface area contributed by atoms with Crippen LogP contribution in [0.1, 0.15) is 34.5 Å². The number of rotatable bonds is 4.